The lowest BCUT2D eigenvalue weighted by molar-refractivity contribution is -0.168. The number of esters is 1. The number of carbonyl (C=O) groups is 2. The summed E-state index contributed by atoms with van der Waals surface area (Å²) in [6.07, 6.45) is -2.00. The predicted octanol–water partition coefficient (Wildman–Crippen LogP) is 4.12. The van der Waals surface area contributed by atoms with Crippen molar-refractivity contribution in [3.63, 3.8) is 0 Å². The van der Waals surface area contributed by atoms with Gasteiger partial charge in [0.1, 0.15) is 17.4 Å². The average Bonchev–Trinajstić information content (AvgIpc) is 2.95. The zero-order valence-electron chi connectivity index (χ0n) is 24.4. The maximum absolute atomic E-state index is 13.7. The summed E-state index contributed by atoms with van der Waals surface area (Å²) in [7, 11) is -4.01. The Morgan fingerprint density at radius 2 is 1.57 bits per heavy atom. The Balaban J connectivity index is 1.45. The largest absolute Gasteiger partial charge is 0.480 e. The summed E-state index contributed by atoms with van der Waals surface area (Å²) in [6.45, 7) is 4.00. The molecule has 10 nitrogen and oxygen atoms in total. The van der Waals surface area contributed by atoms with E-state index in [1.54, 1.807) is 26.0 Å². The number of aliphatic hydroxyl groups is 1. The van der Waals surface area contributed by atoms with Gasteiger partial charge in [-0.15, -0.1) is 0 Å². The highest BCUT2D eigenvalue weighted by Gasteiger charge is 2.52. The Morgan fingerprint density at radius 3 is 2.16 bits per heavy atom. The van der Waals surface area contributed by atoms with Crippen LogP contribution in [-0.4, -0.2) is 61.9 Å². The lowest BCUT2D eigenvalue weighted by atomic mass is 9.87. The number of hydrogen-bond acceptors (Lipinski definition) is 8. The van der Waals surface area contributed by atoms with E-state index in [4.69, 9.17) is 14.2 Å². The molecule has 4 rings (SSSR count). The molecule has 3 aromatic carbocycles. The Kier molecular flexibility index (Phi) is 10.2. The minimum absolute atomic E-state index is 0.0158. The normalized spacial score (nSPS) is 16.0. The van der Waals surface area contributed by atoms with Crippen LogP contribution in [0.25, 0.3) is 0 Å². The topological polar surface area (TPSA) is 131 Å². The smallest absolute Gasteiger partial charge is 0.410 e. The molecule has 2 atom stereocenters. The third kappa shape index (κ3) is 7.90. The molecule has 13 heteroatoms. The van der Waals surface area contributed by atoms with Crippen LogP contribution in [0.3, 0.4) is 0 Å². The van der Waals surface area contributed by atoms with Gasteiger partial charge in [0.25, 0.3) is 0 Å². The standard InChI is InChI=1S/C31H34F2N2O8S/c1-20(2)29(37)41-21(3)42-30(38)34-26(17-36)15-22-5-4-6-28(16-22)44(39,40)35-18-31(19-35,23-7-9-24(32)10-8-23)43-27-13-11-25(33)12-14-27/h4-14,16,20-21,26,36H,15,17-19H2,1-3H3,(H,34,38)/t21?,26-/m0/s1. The van der Waals surface area contributed by atoms with E-state index in [1.165, 1.54) is 71.9 Å². The second-order valence-corrected chi connectivity index (χ2v) is 12.7. The van der Waals surface area contributed by atoms with E-state index in [9.17, 15) is 31.9 Å². The van der Waals surface area contributed by atoms with E-state index in [0.717, 1.165) is 0 Å². The summed E-state index contributed by atoms with van der Waals surface area (Å²) in [5.74, 6) is -1.54. The number of benzene rings is 3. The third-order valence-electron chi connectivity index (χ3n) is 6.95. The van der Waals surface area contributed by atoms with Crippen LogP contribution in [0.4, 0.5) is 13.6 Å². The van der Waals surface area contributed by atoms with Gasteiger partial charge >= 0.3 is 12.1 Å². The number of carbonyl (C=O) groups excluding carboxylic acids is 2. The maximum atomic E-state index is 13.7. The summed E-state index contributed by atoms with van der Waals surface area (Å²) in [4.78, 5) is 24.0. The first-order valence-electron chi connectivity index (χ1n) is 13.9. The quantitative estimate of drug-likeness (QED) is 0.225. The molecule has 1 aliphatic rings. The molecule has 1 aliphatic heterocycles. The molecule has 0 aliphatic carbocycles. The molecule has 0 spiro atoms. The van der Waals surface area contributed by atoms with Gasteiger partial charge in [-0.2, -0.15) is 4.31 Å². The Bertz CT molecular complexity index is 1560. The van der Waals surface area contributed by atoms with Crippen molar-refractivity contribution in [2.24, 2.45) is 5.92 Å². The van der Waals surface area contributed by atoms with E-state index in [0.29, 0.717) is 16.9 Å². The fourth-order valence-electron chi connectivity index (χ4n) is 4.58. The molecule has 0 saturated carbocycles. The molecule has 0 radical (unpaired) electrons. The number of hydrogen-bond donors (Lipinski definition) is 2. The highest BCUT2D eigenvalue weighted by Crippen LogP contribution is 2.40. The maximum Gasteiger partial charge on any atom is 0.410 e. The monoisotopic (exact) mass is 632 g/mol. The number of nitrogens with one attached hydrogen (secondary N) is 1. The molecule has 1 amide bonds. The molecule has 2 N–H and O–H groups in total. The van der Waals surface area contributed by atoms with Crippen LogP contribution in [-0.2, 0) is 36.3 Å². The third-order valence-corrected chi connectivity index (χ3v) is 8.74. The van der Waals surface area contributed by atoms with Crippen LogP contribution >= 0.6 is 0 Å². The lowest BCUT2D eigenvalue weighted by Gasteiger charge is -2.48. The van der Waals surface area contributed by atoms with Crippen molar-refractivity contribution >= 4 is 22.1 Å². The van der Waals surface area contributed by atoms with Crippen LogP contribution in [0.2, 0.25) is 0 Å². The molecular formula is C31H34F2N2O8S. The fraction of sp³-hybridized carbons (Fsp3) is 0.355. The van der Waals surface area contributed by atoms with Crippen molar-refractivity contribution < 1.29 is 46.1 Å². The molecule has 44 heavy (non-hydrogen) atoms. The van der Waals surface area contributed by atoms with Crippen LogP contribution < -0.4 is 10.1 Å². The minimum Gasteiger partial charge on any atom is -0.480 e. The Hall–Kier alpha value is -4.07. The number of aliphatic hydroxyl groups excluding tert-OH is 1. The summed E-state index contributed by atoms with van der Waals surface area (Å²) >= 11 is 0. The number of halogens is 2. The van der Waals surface area contributed by atoms with E-state index in [2.05, 4.69) is 5.32 Å². The van der Waals surface area contributed by atoms with Gasteiger partial charge < -0.3 is 24.6 Å². The minimum atomic E-state index is -4.01. The van der Waals surface area contributed by atoms with Gasteiger partial charge in [0.05, 0.1) is 36.6 Å². The van der Waals surface area contributed by atoms with Crippen LogP contribution in [0.15, 0.2) is 77.7 Å². The van der Waals surface area contributed by atoms with E-state index >= 15 is 0 Å². The first-order valence-corrected chi connectivity index (χ1v) is 15.3. The van der Waals surface area contributed by atoms with Gasteiger partial charge in [-0.1, -0.05) is 38.1 Å². The Morgan fingerprint density at radius 1 is 0.955 bits per heavy atom. The van der Waals surface area contributed by atoms with Crippen LogP contribution in [0.5, 0.6) is 5.75 Å². The number of ether oxygens (including phenoxy) is 3. The second-order valence-electron chi connectivity index (χ2n) is 10.8. The summed E-state index contributed by atoms with van der Waals surface area (Å²) < 4.78 is 71.7. The molecular weight excluding hydrogens is 598 g/mol. The summed E-state index contributed by atoms with van der Waals surface area (Å²) in [6, 6.07) is 16.1. The molecule has 1 heterocycles. The highest BCUT2D eigenvalue weighted by molar-refractivity contribution is 7.89. The highest BCUT2D eigenvalue weighted by atomic mass is 32.2. The predicted molar refractivity (Wildman–Crippen MR) is 155 cm³/mol. The van der Waals surface area contributed by atoms with Crippen molar-refractivity contribution in [3.8, 4) is 5.75 Å². The molecule has 1 fully saturated rings. The number of nitrogens with zero attached hydrogens (tertiary/aromatic N) is 1. The molecule has 1 unspecified atom stereocenters. The number of amides is 1. The number of sulfonamides is 1. The first-order chi connectivity index (χ1) is 20.8. The van der Waals surface area contributed by atoms with Crippen molar-refractivity contribution in [1.82, 2.24) is 9.62 Å². The fourth-order valence-corrected chi connectivity index (χ4v) is 6.19. The molecule has 1 saturated heterocycles. The van der Waals surface area contributed by atoms with E-state index < -0.39 is 64.2 Å². The summed E-state index contributed by atoms with van der Waals surface area (Å²) in [5, 5.41) is 12.3. The number of rotatable bonds is 12. The van der Waals surface area contributed by atoms with Gasteiger partial charge in [0.15, 0.2) is 5.60 Å². The van der Waals surface area contributed by atoms with Gasteiger partial charge in [-0.3, -0.25) is 4.79 Å². The van der Waals surface area contributed by atoms with Gasteiger partial charge in [-0.25, -0.2) is 22.0 Å². The summed E-state index contributed by atoms with van der Waals surface area (Å²) in [5.41, 5.74) is -0.0682. The van der Waals surface area contributed by atoms with Crippen molar-refractivity contribution in [2.45, 2.75) is 50.0 Å². The molecule has 236 valence electrons. The average molecular weight is 633 g/mol. The van der Waals surface area contributed by atoms with Gasteiger partial charge in [0, 0.05) is 6.92 Å². The van der Waals surface area contributed by atoms with Gasteiger partial charge in [0.2, 0.25) is 16.3 Å². The van der Waals surface area contributed by atoms with Crippen molar-refractivity contribution in [3.05, 3.63) is 95.6 Å². The van der Waals surface area contributed by atoms with Crippen molar-refractivity contribution in [1.29, 1.82) is 0 Å². The molecule has 3 aromatic rings. The second kappa shape index (κ2) is 13.7. The van der Waals surface area contributed by atoms with E-state index in [-0.39, 0.29) is 24.4 Å². The number of alkyl carbamates (subject to hydrolysis) is 1. The zero-order chi connectivity index (χ0) is 32.1. The molecule has 0 bridgehead atoms. The van der Waals surface area contributed by atoms with Gasteiger partial charge in [-0.05, 0) is 66.1 Å². The van der Waals surface area contributed by atoms with E-state index in [1.807, 2.05) is 0 Å². The van der Waals surface area contributed by atoms with Crippen LogP contribution in [0.1, 0.15) is 31.9 Å². The first kappa shape index (κ1) is 32.8. The van der Waals surface area contributed by atoms with Crippen LogP contribution in [0, 0.1) is 17.6 Å². The molecule has 0 aromatic heterocycles. The zero-order valence-corrected chi connectivity index (χ0v) is 25.2. The Labute approximate surface area is 254 Å². The lowest BCUT2D eigenvalue weighted by Crippen LogP contribution is -2.64. The van der Waals surface area contributed by atoms with Crippen molar-refractivity contribution in [2.75, 3.05) is 19.7 Å². The SMILES string of the molecule is CC(OC(=O)N[C@H](CO)Cc1cccc(S(=O)(=O)N2CC(Oc3ccc(F)cc3)(c3ccc(F)cc3)C2)c1)OC(=O)C(C)C.